The zero-order chi connectivity index (χ0) is 47.0. The highest BCUT2D eigenvalue weighted by Gasteiger charge is 2.63. The van der Waals surface area contributed by atoms with Gasteiger partial charge >= 0.3 is 21.1 Å². The van der Waals surface area contributed by atoms with E-state index in [1.165, 1.54) is 0 Å². The van der Waals surface area contributed by atoms with Crippen molar-refractivity contribution in [2.75, 3.05) is 76.3 Å². The van der Waals surface area contributed by atoms with E-state index in [-0.39, 0.29) is 34.2 Å². The van der Waals surface area contributed by atoms with E-state index < -0.39 is 32.3 Å². The van der Waals surface area contributed by atoms with Gasteiger partial charge in [0.15, 0.2) is 0 Å². The van der Waals surface area contributed by atoms with Crippen molar-refractivity contribution in [1.82, 2.24) is 19.8 Å². The molecule has 7 rings (SSSR count). The zero-order valence-corrected chi connectivity index (χ0v) is 41.4. The molecule has 16 nitrogen and oxygen atoms in total. The molecule has 0 unspecified atom stereocenters. The van der Waals surface area contributed by atoms with E-state index in [1.807, 2.05) is 107 Å². The third-order valence-electron chi connectivity index (χ3n) is 12.8. The first kappa shape index (κ1) is 52.0. The normalized spacial score (nSPS) is 23.4. The lowest BCUT2D eigenvalue weighted by Gasteiger charge is -2.32. The van der Waals surface area contributed by atoms with Crippen LogP contribution in [0.1, 0.15) is 83.1 Å². The number of aromatic nitrogens is 2. The zero-order valence-electron chi connectivity index (χ0n) is 39.8. The molecule has 20 heteroatoms. The van der Waals surface area contributed by atoms with E-state index in [0.29, 0.717) is 11.6 Å². The van der Waals surface area contributed by atoms with Gasteiger partial charge in [0.05, 0.1) is 60.0 Å². The predicted molar refractivity (Wildman–Crippen MR) is 254 cm³/mol. The largest absolute Gasteiger partial charge is 0.496 e. The highest BCUT2D eigenvalue weighted by atomic mass is 79.9. The Hall–Kier alpha value is -3.01. The van der Waals surface area contributed by atoms with E-state index in [0.717, 1.165) is 75.6 Å². The van der Waals surface area contributed by atoms with Gasteiger partial charge in [-0.15, -0.1) is 0 Å². The van der Waals surface area contributed by atoms with E-state index in [2.05, 4.69) is 46.3 Å². The summed E-state index contributed by atoms with van der Waals surface area (Å²) in [7, 11) is -1.41. The Morgan fingerprint density at radius 2 is 0.938 bits per heavy atom. The molecule has 5 saturated heterocycles. The number of hydrogen-bond acceptors (Lipinski definition) is 14. The Bertz CT molecular complexity index is 1830. The number of carbonyl (C=O) groups is 2. The summed E-state index contributed by atoms with van der Waals surface area (Å²) in [6.45, 7) is 32.4. The second kappa shape index (κ2) is 21.7. The van der Waals surface area contributed by atoms with Gasteiger partial charge < -0.3 is 48.0 Å². The van der Waals surface area contributed by atoms with Crippen molar-refractivity contribution >= 4 is 66.0 Å². The summed E-state index contributed by atoms with van der Waals surface area (Å²) in [5.41, 5.74) is -1.40. The first-order valence-corrected chi connectivity index (χ1v) is 22.9. The minimum absolute atomic E-state index is 0.164. The van der Waals surface area contributed by atoms with Crippen molar-refractivity contribution in [2.24, 2.45) is 0 Å². The summed E-state index contributed by atoms with van der Waals surface area (Å²) in [5, 5.41) is 5.47. The van der Waals surface area contributed by atoms with Gasteiger partial charge in [-0.25, -0.2) is 9.97 Å². The average Bonchev–Trinajstić information content (AvgIpc) is 3.69. The number of amides is 2. The summed E-state index contributed by atoms with van der Waals surface area (Å²) < 4.78 is 47.3. The van der Waals surface area contributed by atoms with Crippen molar-refractivity contribution in [3.63, 3.8) is 0 Å². The summed E-state index contributed by atoms with van der Waals surface area (Å²) in [6.07, 6.45) is 10.1. The van der Waals surface area contributed by atoms with Crippen LogP contribution in [0.3, 0.4) is 0 Å². The van der Waals surface area contributed by atoms with Gasteiger partial charge in [-0.3, -0.25) is 19.4 Å². The number of nitrogens with zero attached hydrogens (tertiary/aromatic N) is 4. The maximum Gasteiger partial charge on any atom is 0.496 e. The fourth-order valence-electron chi connectivity index (χ4n) is 6.57. The van der Waals surface area contributed by atoms with Gasteiger partial charge in [0, 0.05) is 73.7 Å². The standard InChI is InChI=1S/C19H28BN3O4.C13H16BrN3O2.C12H24B2O4/c1-18(2)19(3,4)27-20(26-18)15-7-8-16(21-14-15)22-17(24)6-5-9-23-10-12-25-13-11-23;14-11-3-4-12(15-10-11)16-13(18)2-1-5-17-6-8-19-9-7-17;1-9(2)10(3,4)16-13(15-9)14-17-11(5,6)12(7,8)18-14/h5-8,14H,9-13H2,1-4H3,(H,21,22,24);1-4,10H,5-9H2,(H,15,16,18);1-8H3/b6-5+;2-1+;. The van der Waals surface area contributed by atoms with Gasteiger partial charge in [-0.2, -0.15) is 0 Å². The van der Waals surface area contributed by atoms with Crippen molar-refractivity contribution in [3.8, 4) is 0 Å². The maximum absolute atomic E-state index is 12.0. The van der Waals surface area contributed by atoms with Gasteiger partial charge in [0.25, 0.3) is 0 Å². The number of pyridine rings is 2. The van der Waals surface area contributed by atoms with Crippen LogP contribution in [0, 0.1) is 0 Å². The Kier molecular flexibility index (Phi) is 17.7. The number of nitrogens with one attached hydrogen (secondary N) is 2. The average molecular weight is 953 g/mol. The second-order valence-electron chi connectivity index (χ2n) is 19.3. The second-order valence-corrected chi connectivity index (χ2v) is 20.2. The summed E-state index contributed by atoms with van der Waals surface area (Å²) in [5.74, 6) is 0.683. The Balaban J connectivity index is 0.000000186. The molecule has 350 valence electrons. The molecule has 2 amide bonds. The van der Waals surface area contributed by atoms with E-state index in [1.54, 1.807) is 36.7 Å². The Morgan fingerprint density at radius 3 is 1.28 bits per heavy atom. The number of anilines is 2. The minimum Gasteiger partial charge on any atom is -0.405 e. The molecule has 5 fully saturated rings. The van der Waals surface area contributed by atoms with Crippen LogP contribution < -0.4 is 16.1 Å². The summed E-state index contributed by atoms with van der Waals surface area (Å²) in [4.78, 5) is 36.5. The molecule has 0 radical (unpaired) electrons. The van der Waals surface area contributed by atoms with Crippen LogP contribution in [0.5, 0.6) is 0 Å². The molecule has 2 aromatic heterocycles. The molecule has 0 spiro atoms. The number of ether oxygens (including phenoxy) is 2. The molecule has 0 bridgehead atoms. The fraction of sp³-hybridized carbons (Fsp3) is 0.636. The number of rotatable bonds is 10. The summed E-state index contributed by atoms with van der Waals surface area (Å²) >= 11 is 3.29. The first-order valence-electron chi connectivity index (χ1n) is 22.1. The molecule has 7 heterocycles. The number of carbonyl (C=O) groups excluding carboxylic acids is 2. The summed E-state index contributed by atoms with van der Waals surface area (Å²) in [6, 6.07) is 7.20. The highest BCUT2D eigenvalue weighted by molar-refractivity contribution is 9.10. The third kappa shape index (κ3) is 14.3. The van der Waals surface area contributed by atoms with Crippen LogP contribution in [0.25, 0.3) is 0 Å². The molecular weight excluding hydrogens is 885 g/mol. The van der Waals surface area contributed by atoms with Crippen LogP contribution in [-0.2, 0) is 47.0 Å². The van der Waals surface area contributed by atoms with Gasteiger partial charge in [0.2, 0.25) is 11.8 Å². The SMILES string of the molecule is CC1(C)OB(B2OC(C)(C)C(C)(C)O2)OC1(C)C.CC1(C)OB(c2ccc(NC(=O)/C=C/CN3CCOCC3)nc2)OC1(C)C.O=C(/C=C/CN1CCOCC1)Nc1ccc(Br)cn1. The van der Waals surface area contributed by atoms with Crippen LogP contribution in [0.4, 0.5) is 11.6 Å². The van der Waals surface area contributed by atoms with E-state index in [4.69, 9.17) is 37.4 Å². The molecule has 2 aromatic rings. The molecule has 0 aromatic carbocycles. The van der Waals surface area contributed by atoms with Crippen molar-refractivity contribution in [1.29, 1.82) is 0 Å². The molecular formula is C44H68B3BrN6O10. The van der Waals surface area contributed by atoms with Crippen molar-refractivity contribution < 1.29 is 47.0 Å². The van der Waals surface area contributed by atoms with Crippen LogP contribution in [0.15, 0.2) is 65.4 Å². The lowest BCUT2D eigenvalue weighted by Crippen LogP contribution is -2.41. The van der Waals surface area contributed by atoms with Crippen LogP contribution in [0.2, 0.25) is 0 Å². The topological polar surface area (TPSA) is 164 Å². The quantitative estimate of drug-likeness (QED) is 0.238. The number of hydrogen-bond donors (Lipinski definition) is 2. The van der Waals surface area contributed by atoms with Gasteiger partial charge in [-0.1, -0.05) is 18.2 Å². The van der Waals surface area contributed by atoms with Crippen LogP contribution >= 0.6 is 15.9 Å². The smallest absolute Gasteiger partial charge is 0.405 e. The molecule has 5 aliphatic heterocycles. The van der Waals surface area contributed by atoms with Crippen molar-refractivity contribution in [2.45, 2.75) is 117 Å². The molecule has 0 saturated carbocycles. The monoisotopic (exact) mass is 952 g/mol. The third-order valence-corrected chi connectivity index (χ3v) is 13.2. The minimum atomic E-state index is -0.476. The lowest BCUT2D eigenvalue weighted by atomic mass is 9.49. The van der Waals surface area contributed by atoms with Crippen LogP contribution in [-0.4, -0.2) is 152 Å². The Morgan fingerprint density at radius 1 is 0.578 bits per heavy atom. The lowest BCUT2D eigenvalue weighted by molar-refractivity contribution is -0.112. The highest BCUT2D eigenvalue weighted by Crippen LogP contribution is 2.43. The Labute approximate surface area is 389 Å². The first-order chi connectivity index (χ1) is 29.9. The predicted octanol–water partition coefficient (Wildman–Crippen LogP) is 5.13. The van der Waals surface area contributed by atoms with Crippen molar-refractivity contribution in [3.05, 3.63) is 65.4 Å². The number of morpholine rings is 2. The molecule has 0 aliphatic carbocycles. The van der Waals surface area contributed by atoms with E-state index in [9.17, 15) is 9.59 Å². The molecule has 64 heavy (non-hydrogen) atoms. The van der Waals surface area contributed by atoms with E-state index >= 15 is 0 Å². The maximum atomic E-state index is 12.0. The molecule has 0 atom stereocenters. The fourth-order valence-corrected chi connectivity index (χ4v) is 6.80. The molecule has 2 N–H and O–H groups in total. The van der Waals surface area contributed by atoms with Gasteiger partial charge in [-0.05, 0) is 117 Å². The molecule has 5 aliphatic rings. The van der Waals surface area contributed by atoms with Gasteiger partial charge in [0.1, 0.15) is 11.6 Å². The number of halogens is 1.